The first-order chi connectivity index (χ1) is 10.0. The van der Waals surface area contributed by atoms with Gasteiger partial charge in [0.05, 0.1) is 10.4 Å². The van der Waals surface area contributed by atoms with Gasteiger partial charge in [0, 0.05) is 17.1 Å². The second-order valence-corrected chi connectivity index (χ2v) is 6.33. The third kappa shape index (κ3) is 2.21. The third-order valence-electron chi connectivity index (χ3n) is 3.24. The van der Waals surface area contributed by atoms with Gasteiger partial charge in [-0.2, -0.15) is 0 Å². The molecular weight excluding hydrogens is 296 g/mol. The summed E-state index contributed by atoms with van der Waals surface area (Å²) in [6, 6.07) is 14.0. The molecule has 0 fully saturated rings. The zero-order valence-corrected chi connectivity index (χ0v) is 11.6. The molecule has 1 heterocycles. The van der Waals surface area contributed by atoms with Crippen LogP contribution in [0, 0.1) is 0 Å². The highest BCUT2D eigenvalue weighted by atomic mass is 32.2. The van der Waals surface area contributed by atoms with Crippen molar-refractivity contribution < 1.29 is 17.2 Å². The van der Waals surface area contributed by atoms with Crippen molar-refractivity contribution in [1.29, 1.82) is 0 Å². The Bertz CT molecular complexity index is 886. The Labute approximate surface area is 120 Å². The van der Waals surface area contributed by atoms with Crippen LogP contribution in [0.1, 0.15) is 12.0 Å². The van der Waals surface area contributed by atoms with Crippen molar-refractivity contribution in [2.45, 2.75) is 11.3 Å². The van der Waals surface area contributed by atoms with Crippen LogP contribution < -0.4 is 0 Å². The van der Waals surface area contributed by atoms with E-state index in [1.54, 1.807) is 30.3 Å². The molecule has 0 aliphatic carbocycles. The van der Waals surface area contributed by atoms with Gasteiger partial charge in [-0.1, -0.05) is 36.4 Å². The average Bonchev–Trinajstić information content (AvgIpc) is 2.88. The predicted octanol–water partition coefficient (Wildman–Crippen LogP) is 3.82. The molecule has 0 radical (unpaired) electrons. The lowest BCUT2D eigenvalue weighted by molar-refractivity contribution is 0.153. The summed E-state index contributed by atoms with van der Waals surface area (Å²) >= 11 is 0. The molecule has 6 heteroatoms. The molecule has 3 nitrogen and oxygen atoms in total. The molecule has 21 heavy (non-hydrogen) atoms. The first-order valence-electron chi connectivity index (χ1n) is 6.20. The maximum Gasteiger partial charge on any atom is 0.268 e. The Morgan fingerprint density at radius 3 is 2.19 bits per heavy atom. The third-order valence-corrected chi connectivity index (χ3v) is 4.93. The fourth-order valence-electron chi connectivity index (χ4n) is 2.25. The Morgan fingerprint density at radius 1 is 0.905 bits per heavy atom. The highest BCUT2D eigenvalue weighted by molar-refractivity contribution is 7.90. The SMILES string of the molecule is O=S(=O)(c1ccccc1)n1cc(C(F)F)c2ccccc21. The number of rotatable bonds is 3. The number of alkyl halides is 2. The van der Waals surface area contributed by atoms with Crippen molar-refractivity contribution >= 4 is 20.9 Å². The summed E-state index contributed by atoms with van der Waals surface area (Å²) < 4.78 is 52.3. The second-order valence-electron chi connectivity index (χ2n) is 4.52. The second kappa shape index (κ2) is 4.96. The summed E-state index contributed by atoms with van der Waals surface area (Å²) in [5.41, 5.74) is -0.0400. The van der Waals surface area contributed by atoms with Gasteiger partial charge < -0.3 is 0 Å². The monoisotopic (exact) mass is 307 g/mol. The van der Waals surface area contributed by atoms with Crippen molar-refractivity contribution in [2.75, 3.05) is 0 Å². The van der Waals surface area contributed by atoms with Crippen molar-refractivity contribution in [3.63, 3.8) is 0 Å². The van der Waals surface area contributed by atoms with Gasteiger partial charge in [0.25, 0.3) is 16.4 Å². The van der Waals surface area contributed by atoms with E-state index >= 15 is 0 Å². The number of aromatic nitrogens is 1. The van der Waals surface area contributed by atoms with Crippen LogP contribution in [0.3, 0.4) is 0 Å². The number of halogens is 2. The van der Waals surface area contributed by atoms with E-state index in [1.165, 1.54) is 24.3 Å². The van der Waals surface area contributed by atoms with E-state index in [0.717, 1.165) is 10.2 Å². The molecule has 0 saturated heterocycles. The first kappa shape index (κ1) is 13.8. The molecule has 3 rings (SSSR count). The Kier molecular flexibility index (Phi) is 3.25. The Balaban J connectivity index is 2.31. The minimum absolute atomic E-state index is 0.0616. The van der Waals surface area contributed by atoms with Crippen LogP contribution in [0.2, 0.25) is 0 Å². The smallest absolute Gasteiger partial charge is 0.241 e. The minimum Gasteiger partial charge on any atom is -0.241 e. The highest BCUT2D eigenvalue weighted by Gasteiger charge is 2.23. The molecule has 0 unspecified atom stereocenters. The van der Waals surface area contributed by atoms with Gasteiger partial charge in [-0.3, -0.25) is 0 Å². The molecule has 108 valence electrons. The Morgan fingerprint density at radius 2 is 1.52 bits per heavy atom. The van der Waals surface area contributed by atoms with Crippen molar-refractivity contribution in [3.05, 3.63) is 66.4 Å². The maximum atomic E-state index is 13.1. The predicted molar refractivity (Wildman–Crippen MR) is 75.9 cm³/mol. The zero-order valence-electron chi connectivity index (χ0n) is 10.8. The van der Waals surface area contributed by atoms with Crippen LogP contribution >= 0.6 is 0 Å². The molecule has 0 N–H and O–H groups in total. The van der Waals surface area contributed by atoms with E-state index in [-0.39, 0.29) is 21.4 Å². The van der Waals surface area contributed by atoms with Gasteiger partial charge in [0.2, 0.25) is 0 Å². The van der Waals surface area contributed by atoms with Gasteiger partial charge in [-0.25, -0.2) is 21.2 Å². The minimum atomic E-state index is -3.89. The lowest BCUT2D eigenvalue weighted by Gasteiger charge is -2.07. The molecule has 0 spiro atoms. The van der Waals surface area contributed by atoms with Crippen LogP contribution in [0.25, 0.3) is 10.9 Å². The number of hydrogen-bond donors (Lipinski definition) is 0. The van der Waals surface area contributed by atoms with Gasteiger partial charge in [0.1, 0.15) is 0 Å². The molecule has 1 aromatic heterocycles. The van der Waals surface area contributed by atoms with Crippen LogP contribution in [0.5, 0.6) is 0 Å². The molecule has 0 amide bonds. The molecule has 3 aromatic rings. The topological polar surface area (TPSA) is 39.1 Å². The van der Waals surface area contributed by atoms with E-state index in [9.17, 15) is 17.2 Å². The summed E-state index contributed by atoms with van der Waals surface area (Å²) in [7, 11) is -3.89. The number of benzene rings is 2. The van der Waals surface area contributed by atoms with Crippen LogP contribution in [-0.2, 0) is 10.0 Å². The van der Waals surface area contributed by atoms with Crippen LogP contribution in [0.4, 0.5) is 8.78 Å². The lowest BCUT2D eigenvalue weighted by Crippen LogP contribution is -2.11. The average molecular weight is 307 g/mol. The van der Waals surface area contributed by atoms with Crippen molar-refractivity contribution in [1.82, 2.24) is 3.97 Å². The number of hydrogen-bond acceptors (Lipinski definition) is 2. The number of nitrogens with zero attached hydrogens (tertiary/aromatic N) is 1. The molecule has 0 aliphatic rings. The standard InChI is InChI=1S/C15H11F2NO2S/c16-15(17)13-10-18(14-9-5-4-8-12(13)14)21(19,20)11-6-2-1-3-7-11/h1-10,15H. The van der Waals surface area contributed by atoms with Crippen molar-refractivity contribution in [2.24, 2.45) is 0 Å². The fraction of sp³-hybridized carbons (Fsp3) is 0.0667. The molecule has 0 aliphatic heterocycles. The zero-order chi connectivity index (χ0) is 15.0. The summed E-state index contributed by atoms with van der Waals surface area (Å²) in [6.07, 6.45) is -1.74. The van der Waals surface area contributed by atoms with Crippen LogP contribution in [0.15, 0.2) is 65.7 Å². The molecule has 2 aromatic carbocycles. The van der Waals surface area contributed by atoms with E-state index in [4.69, 9.17) is 0 Å². The summed E-state index contributed by atoms with van der Waals surface area (Å²) in [5, 5.41) is 0.243. The van der Waals surface area contributed by atoms with E-state index in [2.05, 4.69) is 0 Å². The summed E-state index contributed by atoms with van der Waals surface area (Å²) in [5.74, 6) is 0. The van der Waals surface area contributed by atoms with E-state index in [1.807, 2.05) is 0 Å². The summed E-state index contributed by atoms with van der Waals surface area (Å²) in [4.78, 5) is 0.0616. The summed E-state index contributed by atoms with van der Waals surface area (Å²) in [6.45, 7) is 0. The van der Waals surface area contributed by atoms with Gasteiger partial charge in [0.15, 0.2) is 0 Å². The Hall–Kier alpha value is -2.21. The van der Waals surface area contributed by atoms with Gasteiger partial charge >= 0.3 is 0 Å². The van der Waals surface area contributed by atoms with E-state index in [0.29, 0.717) is 0 Å². The number of para-hydroxylation sites is 1. The van der Waals surface area contributed by atoms with Gasteiger partial charge in [-0.05, 0) is 18.2 Å². The number of fused-ring (bicyclic) bond motifs is 1. The van der Waals surface area contributed by atoms with Crippen molar-refractivity contribution in [3.8, 4) is 0 Å². The normalized spacial score (nSPS) is 12.1. The van der Waals surface area contributed by atoms with E-state index < -0.39 is 16.4 Å². The highest BCUT2D eigenvalue weighted by Crippen LogP contribution is 2.31. The molecule has 0 saturated carbocycles. The maximum absolute atomic E-state index is 13.1. The van der Waals surface area contributed by atoms with Gasteiger partial charge in [-0.15, -0.1) is 0 Å². The molecule has 0 atom stereocenters. The quantitative estimate of drug-likeness (QED) is 0.738. The largest absolute Gasteiger partial charge is 0.268 e. The molecule has 0 bridgehead atoms. The lowest BCUT2D eigenvalue weighted by atomic mass is 10.2. The molecular formula is C15H11F2NO2S. The first-order valence-corrected chi connectivity index (χ1v) is 7.64. The van der Waals surface area contributed by atoms with Crippen LogP contribution in [-0.4, -0.2) is 12.4 Å². The fourth-order valence-corrected chi connectivity index (χ4v) is 3.65.